The summed E-state index contributed by atoms with van der Waals surface area (Å²) in [6.45, 7) is 3.52. The zero-order valence-corrected chi connectivity index (χ0v) is 22.5. The number of hydrogen-bond acceptors (Lipinski definition) is 3. The highest BCUT2D eigenvalue weighted by molar-refractivity contribution is 7.80. The normalized spacial score (nSPS) is 19.0. The van der Waals surface area contributed by atoms with Crippen LogP contribution >= 0.6 is 38.8 Å². The summed E-state index contributed by atoms with van der Waals surface area (Å²) in [5.74, 6) is 0. The van der Waals surface area contributed by atoms with Gasteiger partial charge in [0, 0.05) is 36.5 Å². The summed E-state index contributed by atoms with van der Waals surface area (Å²) >= 11 is 3.69. The molecule has 5 heteroatoms. The second kappa shape index (κ2) is 11.4. The molecule has 170 valence electrons. The zero-order valence-electron chi connectivity index (χ0n) is 19.1. The van der Waals surface area contributed by atoms with Gasteiger partial charge in [0.25, 0.3) is 0 Å². The monoisotopic (exact) mass is 507 g/mol. The van der Waals surface area contributed by atoms with Crippen LogP contribution in [0.4, 0.5) is 0 Å². The Morgan fingerprint density at radius 1 is 0.788 bits per heavy atom. The lowest BCUT2D eigenvalue weighted by molar-refractivity contribution is 0.632. The van der Waals surface area contributed by atoms with E-state index in [9.17, 15) is 0 Å². The first-order valence-corrected chi connectivity index (χ1v) is 16.5. The maximum absolute atomic E-state index is 3.01. The molecule has 1 aliphatic heterocycles. The van der Waals surface area contributed by atoms with Gasteiger partial charge < -0.3 is 0 Å². The zero-order chi connectivity index (χ0) is 22.5. The van der Waals surface area contributed by atoms with E-state index in [1.807, 2.05) is 22.7 Å². The highest BCUT2D eigenvalue weighted by Gasteiger charge is 2.44. The molecule has 0 saturated carbocycles. The van der Waals surface area contributed by atoms with Crippen molar-refractivity contribution in [3.63, 3.8) is 0 Å². The summed E-state index contributed by atoms with van der Waals surface area (Å²) in [6.07, 6.45) is 5.07. The third-order valence-electron chi connectivity index (χ3n) is 6.43. The summed E-state index contributed by atoms with van der Waals surface area (Å²) in [7, 11) is -0.891. The van der Waals surface area contributed by atoms with E-state index in [2.05, 4.69) is 106 Å². The molecule has 2 atom stereocenters. The number of nitrogens with zero attached hydrogens (tertiary/aromatic N) is 1. The van der Waals surface area contributed by atoms with Crippen LogP contribution in [0.2, 0.25) is 0 Å². The van der Waals surface area contributed by atoms with Crippen LogP contribution in [0.5, 0.6) is 0 Å². The fraction of sp³-hybridized carbons (Fsp3) is 0.286. The van der Waals surface area contributed by atoms with Gasteiger partial charge in [-0.2, -0.15) is 22.7 Å². The van der Waals surface area contributed by atoms with Crippen LogP contribution in [-0.2, 0) is 0 Å². The summed E-state index contributed by atoms with van der Waals surface area (Å²) in [5.41, 5.74) is 4.33. The van der Waals surface area contributed by atoms with Gasteiger partial charge in [-0.1, -0.05) is 74.0 Å². The van der Waals surface area contributed by atoms with Crippen LogP contribution in [0.1, 0.15) is 55.1 Å². The minimum atomic E-state index is -0.514. The fourth-order valence-electron chi connectivity index (χ4n) is 4.90. The molecule has 1 saturated heterocycles. The molecule has 0 aliphatic carbocycles. The molecule has 0 bridgehead atoms. The Morgan fingerprint density at radius 3 is 1.73 bits per heavy atom. The van der Waals surface area contributed by atoms with Crippen LogP contribution in [0.15, 0.2) is 94.3 Å². The van der Waals surface area contributed by atoms with Gasteiger partial charge in [-0.15, -0.1) is 0 Å². The summed E-state index contributed by atoms with van der Waals surface area (Å²) in [4.78, 5) is 0. The molecule has 0 amide bonds. The number of benzene rings is 2. The second-order valence-corrected chi connectivity index (χ2v) is 15.0. The highest BCUT2D eigenvalue weighted by atomic mass is 32.1. The SMILES string of the molecule is CCCCN(P(c1ccsc1)c1ccsc1)P1[C@@H](c2ccccc2)CC[C@@H]1c1ccccc1. The summed E-state index contributed by atoms with van der Waals surface area (Å²) in [6, 6.07) is 27.5. The van der Waals surface area contributed by atoms with Gasteiger partial charge in [-0.25, -0.2) is 0 Å². The molecule has 1 fully saturated rings. The van der Waals surface area contributed by atoms with Crippen molar-refractivity contribution in [2.45, 2.75) is 43.9 Å². The van der Waals surface area contributed by atoms with Crippen molar-refractivity contribution in [1.82, 2.24) is 4.44 Å². The molecule has 0 spiro atoms. The molecule has 0 N–H and O–H groups in total. The van der Waals surface area contributed by atoms with Crippen molar-refractivity contribution in [3.8, 4) is 0 Å². The molecule has 2 aromatic carbocycles. The van der Waals surface area contributed by atoms with Crippen molar-refractivity contribution in [2.24, 2.45) is 0 Å². The predicted octanol–water partition coefficient (Wildman–Crippen LogP) is 8.93. The second-order valence-electron chi connectivity index (χ2n) is 8.53. The largest absolute Gasteiger partial charge is 0.251 e. The standard InChI is InChI=1S/C28H31NP2S2/c1-2-3-18-29(30(25-16-19-32-21-25)26-17-20-33-22-26)31-27(23-10-6-4-7-11-23)14-15-28(31)24-12-8-5-9-13-24/h4-13,16-17,19-22,27-28H,2-3,14-15,18H2,1H3/t27-,28-/m1/s1. The maximum Gasteiger partial charge on any atom is 0.0335 e. The lowest BCUT2D eigenvalue weighted by Crippen LogP contribution is -2.26. The van der Waals surface area contributed by atoms with Crippen LogP contribution in [0.25, 0.3) is 0 Å². The van der Waals surface area contributed by atoms with E-state index in [1.54, 1.807) is 0 Å². The Bertz CT molecular complexity index is 1000. The highest BCUT2D eigenvalue weighted by Crippen LogP contribution is 2.76. The Labute approximate surface area is 209 Å². The first kappa shape index (κ1) is 23.4. The summed E-state index contributed by atoms with van der Waals surface area (Å²) < 4.78 is 3.01. The molecule has 4 aromatic rings. The van der Waals surface area contributed by atoms with Crippen LogP contribution in [-0.4, -0.2) is 11.0 Å². The smallest absolute Gasteiger partial charge is 0.0335 e. The van der Waals surface area contributed by atoms with Gasteiger partial charge in [0.1, 0.15) is 0 Å². The van der Waals surface area contributed by atoms with Crippen molar-refractivity contribution < 1.29 is 0 Å². The van der Waals surface area contributed by atoms with Gasteiger partial charge in [0.05, 0.1) is 0 Å². The molecule has 3 heterocycles. The Morgan fingerprint density at radius 2 is 1.30 bits per heavy atom. The molecular formula is C28H31NP2S2. The molecule has 1 nitrogen and oxygen atoms in total. The van der Waals surface area contributed by atoms with E-state index in [0.717, 1.165) is 0 Å². The first-order chi connectivity index (χ1) is 16.4. The van der Waals surface area contributed by atoms with Gasteiger partial charge in [-0.3, -0.25) is 4.44 Å². The minimum Gasteiger partial charge on any atom is -0.251 e. The third-order valence-corrected chi connectivity index (χ3v) is 14.6. The molecule has 1 aliphatic rings. The average Bonchev–Trinajstić information content (AvgIpc) is 3.65. The van der Waals surface area contributed by atoms with E-state index in [-0.39, 0.29) is 8.07 Å². The molecule has 33 heavy (non-hydrogen) atoms. The van der Waals surface area contributed by atoms with Crippen LogP contribution in [0, 0.1) is 0 Å². The van der Waals surface area contributed by atoms with Gasteiger partial charge >= 0.3 is 0 Å². The summed E-state index contributed by atoms with van der Waals surface area (Å²) in [5, 5.41) is 12.4. The lowest BCUT2D eigenvalue weighted by Gasteiger charge is -2.42. The Balaban J connectivity index is 1.63. The Hall–Kier alpha value is -1.34. The number of hydrogen-bond donors (Lipinski definition) is 0. The van der Waals surface area contributed by atoms with E-state index < -0.39 is 8.07 Å². The fourth-order valence-corrected chi connectivity index (χ4v) is 14.3. The first-order valence-electron chi connectivity index (χ1n) is 11.9. The van der Waals surface area contributed by atoms with E-state index >= 15 is 0 Å². The van der Waals surface area contributed by atoms with E-state index in [1.165, 1.54) is 54.0 Å². The van der Waals surface area contributed by atoms with Crippen molar-refractivity contribution in [1.29, 1.82) is 0 Å². The van der Waals surface area contributed by atoms with Crippen molar-refractivity contribution >= 4 is 49.4 Å². The number of thiophene rings is 2. The lowest BCUT2D eigenvalue weighted by atomic mass is 10.0. The molecular weight excluding hydrogens is 476 g/mol. The topological polar surface area (TPSA) is 3.24 Å². The van der Waals surface area contributed by atoms with Crippen LogP contribution in [0.3, 0.4) is 0 Å². The van der Waals surface area contributed by atoms with Crippen molar-refractivity contribution in [2.75, 3.05) is 6.54 Å². The Kier molecular flexibility index (Phi) is 8.08. The van der Waals surface area contributed by atoms with Crippen LogP contribution < -0.4 is 10.6 Å². The number of rotatable bonds is 9. The van der Waals surface area contributed by atoms with E-state index in [0.29, 0.717) is 11.3 Å². The predicted molar refractivity (Wildman–Crippen MR) is 151 cm³/mol. The number of unbranched alkanes of at least 4 members (excludes halogenated alkanes) is 1. The average molecular weight is 508 g/mol. The maximum atomic E-state index is 3.01. The molecule has 0 unspecified atom stereocenters. The quantitative estimate of drug-likeness (QED) is 0.204. The molecule has 5 rings (SSSR count). The molecule has 2 aromatic heterocycles. The molecule has 0 radical (unpaired) electrons. The van der Waals surface area contributed by atoms with Gasteiger partial charge in [0.2, 0.25) is 0 Å². The minimum absolute atomic E-state index is 0.377. The van der Waals surface area contributed by atoms with Crippen molar-refractivity contribution in [3.05, 3.63) is 105 Å². The van der Waals surface area contributed by atoms with Gasteiger partial charge in [-0.05, 0) is 72.1 Å². The van der Waals surface area contributed by atoms with Gasteiger partial charge in [0.15, 0.2) is 0 Å². The third kappa shape index (κ3) is 5.19. The van der Waals surface area contributed by atoms with E-state index in [4.69, 9.17) is 0 Å².